The Morgan fingerprint density at radius 3 is 2.58 bits per heavy atom. The van der Waals surface area contributed by atoms with E-state index < -0.39 is 16.0 Å². The molecule has 0 radical (unpaired) electrons. The zero-order valence-corrected chi connectivity index (χ0v) is 23.4. The maximum absolute atomic E-state index is 12.6. The van der Waals surface area contributed by atoms with Crippen LogP contribution in [-0.4, -0.2) is 49.2 Å². The second kappa shape index (κ2) is 11.6. The van der Waals surface area contributed by atoms with Gasteiger partial charge in [0.05, 0.1) is 18.8 Å². The molecule has 2 rings (SSSR count). The van der Waals surface area contributed by atoms with E-state index in [-0.39, 0.29) is 30.0 Å². The lowest BCUT2D eigenvalue weighted by atomic mass is 9.74. The summed E-state index contributed by atoms with van der Waals surface area (Å²) in [6.07, 6.45) is 3.45. The molecular formula is C24H43NO6PSi+. The number of nitrogens with one attached hydrogen (secondary N) is 1. The van der Waals surface area contributed by atoms with E-state index in [0.717, 1.165) is 23.6 Å². The molecular weight excluding hydrogens is 457 g/mol. The highest BCUT2D eigenvalue weighted by Crippen LogP contribution is 2.52. The van der Waals surface area contributed by atoms with E-state index in [9.17, 15) is 14.6 Å². The van der Waals surface area contributed by atoms with E-state index in [1.807, 2.05) is 26.8 Å². The van der Waals surface area contributed by atoms with Gasteiger partial charge in [-0.3, -0.25) is 0 Å². The molecule has 188 valence electrons. The first-order chi connectivity index (χ1) is 15.3. The lowest BCUT2D eigenvalue weighted by Gasteiger charge is -2.32. The average Bonchev–Trinajstić information content (AvgIpc) is 3.07. The predicted molar refractivity (Wildman–Crippen MR) is 136 cm³/mol. The van der Waals surface area contributed by atoms with E-state index in [1.54, 1.807) is 0 Å². The third kappa shape index (κ3) is 8.01. The largest absolute Gasteiger partial charge is 0.493 e. The summed E-state index contributed by atoms with van der Waals surface area (Å²) < 4.78 is 16.9. The molecule has 0 spiro atoms. The van der Waals surface area contributed by atoms with Gasteiger partial charge in [0, 0.05) is 20.0 Å². The van der Waals surface area contributed by atoms with Crippen molar-refractivity contribution < 1.29 is 28.7 Å². The van der Waals surface area contributed by atoms with Gasteiger partial charge in [0.15, 0.2) is 6.16 Å². The third-order valence-electron chi connectivity index (χ3n) is 6.07. The number of esters is 1. The maximum Gasteiger partial charge on any atom is 0.433 e. The molecule has 1 fully saturated rings. The standard InChI is InChI=1S/C24H43NO6PSi/c1-9-19-18(5)21-14-30-24(26)22(21)23(29-12-13-33(6,7)8)20(19)11-10-17(4)15-32(27,28)31-25-16(2)3/h10,16,18,21,25,27-28H,9,11-15H2,1-8H3/q+1/b17-10+. The molecule has 33 heavy (non-hydrogen) atoms. The van der Waals surface area contributed by atoms with Gasteiger partial charge in [-0.1, -0.05) is 49.8 Å². The van der Waals surface area contributed by atoms with Crippen LogP contribution in [0, 0.1) is 11.8 Å². The van der Waals surface area contributed by atoms with Crippen LogP contribution in [0.5, 0.6) is 0 Å². The minimum atomic E-state index is -3.54. The van der Waals surface area contributed by atoms with Crippen LogP contribution >= 0.6 is 7.94 Å². The summed E-state index contributed by atoms with van der Waals surface area (Å²) >= 11 is 0. The molecule has 2 atom stereocenters. The summed E-state index contributed by atoms with van der Waals surface area (Å²) in [5.74, 6) is 0.649. The van der Waals surface area contributed by atoms with Crippen LogP contribution in [0.3, 0.4) is 0 Å². The molecule has 0 bridgehead atoms. The number of rotatable bonds is 12. The summed E-state index contributed by atoms with van der Waals surface area (Å²) in [5.41, 5.74) is 6.43. The Morgan fingerprint density at radius 2 is 2.00 bits per heavy atom. The fraction of sp³-hybridized carbons (Fsp3) is 0.708. The first-order valence-corrected chi connectivity index (χ1v) is 17.5. The fourth-order valence-electron chi connectivity index (χ4n) is 4.23. The van der Waals surface area contributed by atoms with Crippen molar-refractivity contribution in [3.63, 3.8) is 0 Å². The molecule has 0 amide bonds. The second-order valence-corrected chi connectivity index (χ2v) is 18.1. The second-order valence-electron chi connectivity index (χ2n) is 10.7. The van der Waals surface area contributed by atoms with Crippen molar-refractivity contribution in [3.05, 3.63) is 34.1 Å². The van der Waals surface area contributed by atoms with Crippen molar-refractivity contribution >= 4 is 22.0 Å². The topological polar surface area (TPSA) is 97.3 Å². The fourth-order valence-corrected chi connectivity index (χ4v) is 6.17. The summed E-state index contributed by atoms with van der Waals surface area (Å²) in [6, 6.07) is 0.987. The highest BCUT2D eigenvalue weighted by molar-refractivity contribution is 7.59. The van der Waals surface area contributed by atoms with Gasteiger partial charge in [0.2, 0.25) is 0 Å². The first kappa shape index (κ1) is 28.2. The molecule has 2 unspecified atom stereocenters. The Kier molecular flexibility index (Phi) is 9.92. The zero-order chi connectivity index (χ0) is 25.0. The number of carbonyl (C=O) groups excluding carboxylic acids is 1. The Hall–Kier alpha value is -1.02. The summed E-state index contributed by atoms with van der Waals surface area (Å²) in [7, 11) is -4.84. The van der Waals surface area contributed by atoms with E-state index in [2.05, 4.69) is 39.0 Å². The van der Waals surface area contributed by atoms with Crippen LogP contribution in [0.4, 0.5) is 0 Å². The highest BCUT2D eigenvalue weighted by Gasteiger charge is 2.44. The number of hydrogen-bond donors (Lipinski definition) is 3. The van der Waals surface area contributed by atoms with Crippen LogP contribution < -0.4 is 5.48 Å². The number of hydroxylamine groups is 1. The maximum atomic E-state index is 12.6. The Labute approximate surface area is 200 Å². The lowest BCUT2D eigenvalue weighted by molar-refractivity contribution is -0.135. The molecule has 0 aromatic carbocycles. The first-order valence-electron chi connectivity index (χ1n) is 12.0. The van der Waals surface area contributed by atoms with E-state index in [4.69, 9.17) is 14.1 Å². The van der Waals surface area contributed by atoms with Crippen molar-refractivity contribution in [3.8, 4) is 0 Å². The Morgan fingerprint density at radius 1 is 1.33 bits per heavy atom. The summed E-state index contributed by atoms with van der Waals surface area (Å²) in [6.45, 7) is 17.8. The number of fused-ring (bicyclic) bond motifs is 1. The molecule has 1 aliphatic carbocycles. The zero-order valence-electron chi connectivity index (χ0n) is 21.5. The van der Waals surface area contributed by atoms with Gasteiger partial charge >= 0.3 is 13.9 Å². The molecule has 1 saturated heterocycles. The molecule has 9 heteroatoms. The molecule has 2 aliphatic rings. The van der Waals surface area contributed by atoms with Gasteiger partial charge in [-0.25, -0.2) is 4.79 Å². The molecule has 3 N–H and O–H groups in total. The Balaban J connectivity index is 2.30. The van der Waals surface area contributed by atoms with Crippen molar-refractivity contribution in [2.75, 3.05) is 19.4 Å². The number of allylic oxidation sites excluding steroid dienone is 4. The molecule has 0 aromatic rings. The average molecular weight is 501 g/mol. The van der Waals surface area contributed by atoms with Gasteiger partial charge in [0.25, 0.3) is 0 Å². The number of hydrogen-bond acceptors (Lipinski definition) is 7. The van der Waals surface area contributed by atoms with Crippen LogP contribution in [-0.2, 0) is 18.9 Å². The molecule has 0 saturated carbocycles. The normalized spacial score (nSPS) is 22.3. The van der Waals surface area contributed by atoms with Gasteiger partial charge < -0.3 is 9.47 Å². The lowest BCUT2D eigenvalue weighted by Crippen LogP contribution is -2.27. The van der Waals surface area contributed by atoms with Gasteiger partial charge in [-0.2, -0.15) is 15.3 Å². The van der Waals surface area contributed by atoms with Crippen molar-refractivity contribution in [1.82, 2.24) is 5.48 Å². The molecule has 1 aliphatic heterocycles. The smallest absolute Gasteiger partial charge is 0.433 e. The number of cyclic esters (lactones) is 1. The quantitative estimate of drug-likeness (QED) is 0.112. The molecule has 7 nitrogen and oxygen atoms in total. The van der Waals surface area contributed by atoms with Crippen molar-refractivity contribution in [2.45, 2.75) is 79.2 Å². The van der Waals surface area contributed by atoms with Crippen LogP contribution in [0.15, 0.2) is 34.1 Å². The molecule has 0 aromatic heterocycles. The molecule has 1 heterocycles. The predicted octanol–water partition coefficient (Wildman–Crippen LogP) is 5.14. The third-order valence-corrected chi connectivity index (χ3v) is 9.08. The van der Waals surface area contributed by atoms with Crippen LogP contribution in [0.1, 0.15) is 47.5 Å². The van der Waals surface area contributed by atoms with E-state index in [1.165, 1.54) is 5.57 Å². The number of carbonyl (C=O) groups is 1. The highest BCUT2D eigenvalue weighted by atomic mass is 31.2. The minimum Gasteiger partial charge on any atom is -0.493 e. The summed E-state index contributed by atoms with van der Waals surface area (Å²) in [4.78, 5) is 33.1. The van der Waals surface area contributed by atoms with Crippen LogP contribution in [0.25, 0.3) is 0 Å². The van der Waals surface area contributed by atoms with E-state index >= 15 is 0 Å². The van der Waals surface area contributed by atoms with E-state index in [0.29, 0.717) is 31.0 Å². The SMILES string of the molecule is CCC1=C(C/C=C(\C)C[P+](O)(O)ONC(C)C)C(OCC[Si](C)(C)C)=C2C(=O)OCC2C1C. The monoisotopic (exact) mass is 500 g/mol. The number of ether oxygens (including phenoxy) is 2. The minimum absolute atomic E-state index is 0.0180. The Bertz CT molecular complexity index is 812. The van der Waals surface area contributed by atoms with Crippen molar-refractivity contribution in [2.24, 2.45) is 11.8 Å². The van der Waals surface area contributed by atoms with Crippen LogP contribution in [0.2, 0.25) is 25.7 Å². The van der Waals surface area contributed by atoms with Gasteiger partial charge in [0.1, 0.15) is 5.76 Å². The van der Waals surface area contributed by atoms with Gasteiger partial charge in [-0.15, -0.1) is 0 Å². The van der Waals surface area contributed by atoms with Gasteiger partial charge in [-0.05, 0) is 56.7 Å². The summed E-state index contributed by atoms with van der Waals surface area (Å²) in [5, 5.41) is 0. The van der Waals surface area contributed by atoms with Crippen molar-refractivity contribution in [1.29, 1.82) is 0 Å².